The summed E-state index contributed by atoms with van der Waals surface area (Å²) in [7, 11) is 0. The number of carbonyl (C=O) groups is 1. The lowest BCUT2D eigenvalue weighted by atomic mass is 9.82. The van der Waals surface area contributed by atoms with Crippen molar-refractivity contribution in [3.63, 3.8) is 0 Å². The third kappa shape index (κ3) is 2.22. The van der Waals surface area contributed by atoms with Crippen molar-refractivity contribution in [3.8, 4) is 0 Å². The lowest BCUT2D eigenvalue weighted by Gasteiger charge is -2.28. The topological polar surface area (TPSA) is 32.3 Å². The Morgan fingerprint density at radius 3 is 1.67 bits per heavy atom. The van der Waals surface area contributed by atoms with Gasteiger partial charge in [-0.05, 0) is 23.3 Å². The van der Waals surface area contributed by atoms with E-state index < -0.39 is 5.54 Å². The van der Waals surface area contributed by atoms with Crippen LogP contribution in [0.1, 0.15) is 11.1 Å². The Labute approximate surface area is 141 Å². The van der Waals surface area contributed by atoms with Gasteiger partial charge in [0.25, 0.3) is 5.91 Å². The van der Waals surface area contributed by atoms with Crippen LogP contribution in [-0.4, -0.2) is 12.6 Å². The van der Waals surface area contributed by atoms with Gasteiger partial charge >= 0.3 is 0 Å². The Morgan fingerprint density at radius 1 is 0.708 bits per heavy atom. The maximum Gasteiger partial charge on any atom is 0.257 e. The second-order valence-corrected chi connectivity index (χ2v) is 5.89. The number of nitrogens with zero attached hydrogens (tertiary/aromatic N) is 1. The van der Waals surface area contributed by atoms with Crippen molar-refractivity contribution in [2.24, 2.45) is 0 Å². The number of amides is 1. The molecule has 1 aliphatic heterocycles. The molecule has 0 radical (unpaired) electrons. The molecule has 0 aromatic heterocycles. The van der Waals surface area contributed by atoms with E-state index in [4.69, 9.17) is 0 Å². The normalized spacial score (nSPS) is 16.3. The van der Waals surface area contributed by atoms with E-state index in [1.807, 2.05) is 91.0 Å². The third-order valence-corrected chi connectivity index (χ3v) is 4.55. The molecule has 3 heteroatoms. The number of carbonyl (C=O) groups excluding carboxylic acids is 1. The average Bonchev–Trinajstić information content (AvgIpc) is 3.02. The molecule has 4 rings (SSSR count). The highest BCUT2D eigenvalue weighted by molar-refractivity contribution is 6.05. The molecule has 118 valence electrons. The first kappa shape index (κ1) is 14.7. The molecule has 0 saturated carbocycles. The lowest BCUT2D eigenvalue weighted by molar-refractivity contribution is -0.121. The van der Waals surface area contributed by atoms with E-state index in [0.717, 1.165) is 16.8 Å². The van der Waals surface area contributed by atoms with Crippen LogP contribution in [0.5, 0.6) is 0 Å². The summed E-state index contributed by atoms with van der Waals surface area (Å²) in [5.41, 5.74) is 1.97. The standard InChI is InChI=1S/C21H18N2O/c24-20-21(17-10-4-1-5-11-17,18-12-6-2-7-13-18)22-16-23(20)19-14-8-3-9-15-19/h1-15,22H,16H2. The van der Waals surface area contributed by atoms with Crippen LogP contribution in [0, 0.1) is 0 Å². The molecule has 0 spiro atoms. The van der Waals surface area contributed by atoms with Crippen molar-refractivity contribution in [3.05, 3.63) is 102 Å². The van der Waals surface area contributed by atoms with Gasteiger partial charge in [0, 0.05) is 5.69 Å². The van der Waals surface area contributed by atoms with Gasteiger partial charge in [-0.25, -0.2) is 0 Å². The summed E-state index contributed by atoms with van der Waals surface area (Å²) in [5, 5.41) is 3.48. The molecule has 1 saturated heterocycles. The fourth-order valence-electron chi connectivity index (χ4n) is 3.36. The Hall–Kier alpha value is -2.91. The fraction of sp³-hybridized carbons (Fsp3) is 0.0952. The molecular weight excluding hydrogens is 296 g/mol. The van der Waals surface area contributed by atoms with Crippen LogP contribution in [0.4, 0.5) is 5.69 Å². The molecule has 0 bridgehead atoms. The highest BCUT2D eigenvalue weighted by Crippen LogP contribution is 2.36. The van der Waals surface area contributed by atoms with Crippen LogP contribution in [0.3, 0.4) is 0 Å². The van der Waals surface area contributed by atoms with E-state index in [9.17, 15) is 4.79 Å². The van der Waals surface area contributed by atoms with Crippen molar-refractivity contribution < 1.29 is 4.79 Å². The summed E-state index contributed by atoms with van der Waals surface area (Å²) >= 11 is 0. The van der Waals surface area contributed by atoms with Crippen LogP contribution in [0.25, 0.3) is 0 Å². The minimum atomic E-state index is -0.849. The van der Waals surface area contributed by atoms with Gasteiger partial charge in [0.2, 0.25) is 0 Å². The third-order valence-electron chi connectivity index (χ3n) is 4.55. The zero-order chi connectivity index (χ0) is 16.4. The first-order chi connectivity index (χ1) is 11.8. The van der Waals surface area contributed by atoms with E-state index in [-0.39, 0.29) is 5.91 Å². The van der Waals surface area contributed by atoms with Crippen LogP contribution in [0.15, 0.2) is 91.0 Å². The Kier molecular flexibility index (Phi) is 3.63. The van der Waals surface area contributed by atoms with Crippen LogP contribution >= 0.6 is 0 Å². The van der Waals surface area contributed by atoms with Gasteiger partial charge in [0.15, 0.2) is 5.54 Å². The van der Waals surface area contributed by atoms with Crippen LogP contribution in [0.2, 0.25) is 0 Å². The van der Waals surface area contributed by atoms with Gasteiger partial charge in [0.05, 0.1) is 6.67 Å². The number of benzene rings is 3. The summed E-state index contributed by atoms with van der Waals surface area (Å²) < 4.78 is 0. The molecular formula is C21H18N2O. The number of rotatable bonds is 3. The first-order valence-corrected chi connectivity index (χ1v) is 8.05. The molecule has 1 fully saturated rings. The van der Waals surface area contributed by atoms with Crippen LogP contribution < -0.4 is 10.2 Å². The number of nitrogens with one attached hydrogen (secondary N) is 1. The maximum absolute atomic E-state index is 13.5. The number of para-hydroxylation sites is 1. The molecule has 0 aliphatic carbocycles. The summed E-state index contributed by atoms with van der Waals surface area (Å²) in [6, 6.07) is 29.6. The quantitative estimate of drug-likeness (QED) is 0.802. The molecule has 1 N–H and O–H groups in total. The molecule has 1 amide bonds. The smallest absolute Gasteiger partial charge is 0.257 e. The van der Waals surface area contributed by atoms with Gasteiger partial charge in [-0.2, -0.15) is 0 Å². The van der Waals surface area contributed by atoms with E-state index in [1.165, 1.54) is 0 Å². The zero-order valence-electron chi connectivity index (χ0n) is 13.2. The van der Waals surface area contributed by atoms with E-state index in [0.29, 0.717) is 6.67 Å². The van der Waals surface area contributed by atoms with E-state index >= 15 is 0 Å². The van der Waals surface area contributed by atoms with Gasteiger partial charge in [-0.1, -0.05) is 78.9 Å². The number of hydrogen-bond donors (Lipinski definition) is 1. The first-order valence-electron chi connectivity index (χ1n) is 8.05. The molecule has 3 aromatic carbocycles. The predicted octanol–water partition coefficient (Wildman–Crippen LogP) is 3.52. The monoisotopic (exact) mass is 314 g/mol. The molecule has 1 aliphatic rings. The summed E-state index contributed by atoms with van der Waals surface area (Å²) in [4.78, 5) is 15.3. The Morgan fingerprint density at radius 2 is 1.17 bits per heavy atom. The minimum Gasteiger partial charge on any atom is -0.297 e. The van der Waals surface area contributed by atoms with Crippen molar-refractivity contribution in [2.75, 3.05) is 11.6 Å². The van der Waals surface area contributed by atoms with Gasteiger partial charge in [-0.15, -0.1) is 0 Å². The van der Waals surface area contributed by atoms with Crippen LogP contribution in [-0.2, 0) is 10.3 Å². The van der Waals surface area contributed by atoms with Gasteiger partial charge < -0.3 is 0 Å². The van der Waals surface area contributed by atoms with Crippen molar-refractivity contribution in [1.29, 1.82) is 0 Å². The highest BCUT2D eigenvalue weighted by Gasteiger charge is 2.49. The Bertz CT molecular complexity index is 792. The second kappa shape index (κ2) is 5.95. The molecule has 0 atom stereocenters. The molecule has 24 heavy (non-hydrogen) atoms. The highest BCUT2D eigenvalue weighted by atomic mass is 16.2. The molecule has 0 unspecified atom stereocenters. The van der Waals surface area contributed by atoms with E-state index in [1.54, 1.807) is 4.90 Å². The predicted molar refractivity (Wildman–Crippen MR) is 95.6 cm³/mol. The number of hydrogen-bond acceptors (Lipinski definition) is 2. The fourth-order valence-corrected chi connectivity index (χ4v) is 3.36. The molecule has 1 heterocycles. The maximum atomic E-state index is 13.5. The molecule has 3 nitrogen and oxygen atoms in total. The van der Waals surface area contributed by atoms with Crippen molar-refractivity contribution >= 4 is 11.6 Å². The number of anilines is 1. The van der Waals surface area contributed by atoms with Gasteiger partial charge in [0.1, 0.15) is 0 Å². The largest absolute Gasteiger partial charge is 0.297 e. The lowest BCUT2D eigenvalue weighted by Crippen LogP contribution is -2.44. The SMILES string of the molecule is O=C1N(c2ccccc2)CNC1(c1ccccc1)c1ccccc1. The zero-order valence-corrected chi connectivity index (χ0v) is 13.2. The second-order valence-electron chi connectivity index (χ2n) is 5.89. The average molecular weight is 314 g/mol. The van der Waals surface area contributed by atoms with E-state index in [2.05, 4.69) is 5.32 Å². The molecule has 3 aromatic rings. The summed E-state index contributed by atoms with van der Waals surface area (Å²) in [5.74, 6) is 0.0473. The van der Waals surface area contributed by atoms with Crippen molar-refractivity contribution in [1.82, 2.24) is 5.32 Å². The Balaban J connectivity index is 1.86. The minimum absolute atomic E-state index is 0.0473. The summed E-state index contributed by atoms with van der Waals surface area (Å²) in [6.45, 7) is 0.479. The summed E-state index contributed by atoms with van der Waals surface area (Å²) in [6.07, 6.45) is 0. The van der Waals surface area contributed by atoms with Gasteiger partial charge in [-0.3, -0.25) is 15.0 Å². The van der Waals surface area contributed by atoms with Crippen molar-refractivity contribution in [2.45, 2.75) is 5.54 Å².